The molecule has 1 saturated heterocycles. The molecule has 0 bridgehead atoms. The molecule has 4 heteroatoms. The van der Waals surface area contributed by atoms with Gasteiger partial charge in [0.15, 0.2) is 0 Å². The first-order valence-corrected chi connectivity index (χ1v) is 7.38. The molecule has 0 atom stereocenters. The molecule has 0 aromatic heterocycles. The van der Waals surface area contributed by atoms with Crippen molar-refractivity contribution in [2.75, 3.05) is 45.8 Å². The molecule has 0 amide bonds. The van der Waals surface area contributed by atoms with Crippen LogP contribution in [-0.2, 0) is 16.1 Å². The highest BCUT2D eigenvalue weighted by Gasteiger charge is 2.16. The number of hydrogen-bond donors (Lipinski definition) is 1. The zero-order valence-corrected chi connectivity index (χ0v) is 12.6. The molecule has 1 N–H and O–H groups in total. The predicted octanol–water partition coefficient (Wildman–Crippen LogP) is 2.36. The summed E-state index contributed by atoms with van der Waals surface area (Å²) >= 11 is 0. The highest BCUT2D eigenvalue weighted by molar-refractivity contribution is 5.46. The maximum absolute atomic E-state index is 5.56. The number of methoxy groups -OCH3 is 1. The van der Waals surface area contributed by atoms with Crippen molar-refractivity contribution in [1.29, 1.82) is 0 Å². The van der Waals surface area contributed by atoms with Gasteiger partial charge < -0.3 is 19.7 Å². The molecule has 0 saturated carbocycles. The summed E-state index contributed by atoms with van der Waals surface area (Å²) in [7, 11) is 3.88. The summed E-state index contributed by atoms with van der Waals surface area (Å²) in [6, 6.07) is 9.11. The molecule has 2 rings (SSSR count). The molecule has 20 heavy (non-hydrogen) atoms. The van der Waals surface area contributed by atoms with Crippen LogP contribution in [0.2, 0.25) is 0 Å². The van der Waals surface area contributed by atoms with E-state index >= 15 is 0 Å². The Hall–Kier alpha value is -1.10. The van der Waals surface area contributed by atoms with Crippen molar-refractivity contribution in [3.05, 3.63) is 29.8 Å². The normalized spacial score (nSPS) is 17.3. The van der Waals surface area contributed by atoms with Gasteiger partial charge in [0.05, 0.1) is 19.8 Å². The summed E-state index contributed by atoms with van der Waals surface area (Å²) in [6.07, 6.45) is 2.43. The quantitative estimate of drug-likeness (QED) is 0.776. The van der Waals surface area contributed by atoms with Gasteiger partial charge in [0, 0.05) is 18.8 Å². The van der Waals surface area contributed by atoms with Crippen LogP contribution in [0.15, 0.2) is 24.3 Å². The number of nitrogens with zero attached hydrogens (tertiary/aromatic N) is 1. The number of hydrogen-bond acceptors (Lipinski definition) is 4. The van der Waals surface area contributed by atoms with E-state index in [0.717, 1.165) is 0 Å². The summed E-state index contributed by atoms with van der Waals surface area (Å²) in [5.41, 5.74) is 2.41. The van der Waals surface area contributed by atoms with Gasteiger partial charge >= 0.3 is 0 Å². The first-order valence-electron chi connectivity index (χ1n) is 7.38. The minimum Gasteiger partial charge on any atom is -0.382 e. The van der Waals surface area contributed by atoms with Crippen LogP contribution < -0.4 is 5.32 Å². The van der Waals surface area contributed by atoms with Crippen LogP contribution in [0.3, 0.4) is 0 Å². The maximum atomic E-state index is 5.56. The number of rotatable bonds is 7. The SMILES string of the molecule is COCCOCc1cccc(NC2CCN(C)CC2)c1. The van der Waals surface area contributed by atoms with Crippen molar-refractivity contribution in [3.8, 4) is 0 Å². The van der Waals surface area contributed by atoms with Gasteiger partial charge in [0.2, 0.25) is 0 Å². The van der Waals surface area contributed by atoms with E-state index < -0.39 is 0 Å². The Balaban J connectivity index is 1.79. The molecule has 0 unspecified atom stereocenters. The van der Waals surface area contributed by atoms with Crippen LogP contribution in [-0.4, -0.2) is 51.4 Å². The summed E-state index contributed by atoms with van der Waals surface area (Å²) in [6.45, 7) is 4.29. The van der Waals surface area contributed by atoms with Crippen LogP contribution >= 0.6 is 0 Å². The molecule has 4 nitrogen and oxygen atoms in total. The zero-order chi connectivity index (χ0) is 14.2. The first-order chi connectivity index (χ1) is 9.78. The van der Waals surface area contributed by atoms with E-state index in [1.807, 2.05) is 0 Å². The van der Waals surface area contributed by atoms with Gasteiger partial charge in [-0.2, -0.15) is 0 Å². The number of nitrogens with one attached hydrogen (secondary N) is 1. The molecule has 0 aliphatic carbocycles. The molecule has 1 heterocycles. The van der Waals surface area contributed by atoms with Crippen molar-refractivity contribution in [3.63, 3.8) is 0 Å². The zero-order valence-electron chi connectivity index (χ0n) is 12.6. The van der Waals surface area contributed by atoms with E-state index in [1.165, 1.54) is 37.2 Å². The molecular weight excluding hydrogens is 252 g/mol. The minimum atomic E-state index is 0.593. The summed E-state index contributed by atoms with van der Waals surface area (Å²) < 4.78 is 10.5. The highest BCUT2D eigenvalue weighted by atomic mass is 16.5. The van der Waals surface area contributed by atoms with E-state index in [2.05, 4.69) is 41.5 Å². The van der Waals surface area contributed by atoms with Crippen molar-refractivity contribution in [1.82, 2.24) is 4.90 Å². The van der Waals surface area contributed by atoms with Crippen LogP contribution in [0, 0.1) is 0 Å². The number of benzene rings is 1. The number of anilines is 1. The van der Waals surface area contributed by atoms with Crippen LogP contribution in [0.5, 0.6) is 0 Å². The number of piperidine rings is 1. The van der Waals surface area contributed by atoms with Gasteiger partial charge in [-0.15, -0.1) is 0 Å². The summed E-state index contributed by atoms with van der Waals surface area (Å²) in [5, 5.41) is 3.64. The number of ether oxygens (including phenoxy) is 2. The van der Waals surface area contributed by atoms with E-state index in [4.69, 9.17) is 9.47 Å². The molecule has 1 aliphatic heterocycles. The Kier molecular flexibility index (Phi) is 6.30. The lowest BCUT2D eigenvalue weighted by atomic mass is 10.0. The Morgan fingerprint density at radius 2 is 2.05 bits per heavy atom. The van der Waals surface area contributed by atoms with E-state index in [-0.39, 0.29) is 0 Å². The van der Waals surface area contributed by atoms with E-state index in [1.54, 1.807) is 7.11 Å². The summed E-state index contributed by atoms with van der Waals surface area (Å²) in [5.74, 6) is 0. The first kappa shape index (κ1) is 15.3. The molecule has 1 fully saturated rings. The van der Waals surface area contributed by atoms with Crippen LogP contribution in [0.4, 0.5) is 5.69 Å². The van der Waals surface area contributed by atoms with Crippen molar-refractivity contribution >= 4 is 5.69 Å². The van der Waals surface area contributed by atoms with Gasteiger partial charge in [-0.05, 0) is 50.7 Å². The molecular formula is C16H26N2O2. The lowest BCUT2D eigenvalue weighted by Crippen LogP contribution is -2.36. The Morgan fingerprint density at radius 1 is 1.25 bits per heavy atom. The average molecular weight is 278 g/mol. The fourth-order valence-electron chi connectivity index (χ4n) is 2.47. The largest absolute Gasteiger partial charge is 0.382 e. The molecule has 0 radical (unpaired) electrons. The van der Waals surface area contributed by atoms with Crippen molar-refractivity contribution in [2.45, 2.75) is 25.5 Å². The third kappa shape index (κ3) is 5.12. The molecule has 112 valence electrons. The summed E-state index contributed by atoms with van der Waals surface area (Å²) in [4.78, 5) is 2.39. The third-order valence-corrected chi connectivity index (χ3v) is 3.72. The minimum absolute atomic E-state index is 0.593. The van der Waals surface area contributed by atoms with Crippen LogP contribution in [0.25, 0.3) is 0 Å². The predicted molar refractivity (Wildman–Crippen MR) is 82.1 cm³/mol. The molecule has 1 aromatic rings. The fourth-order valence-corrected chi connectivity index (χ4v) is 2.47. The second-order valence-electron chi connectivity index (χ2n) is 5.47. The number of likely N-dealkylation sites (tertiary alicyclic amines) is 1. The standard InChI is InChI=1S/C16H26N2O2/c1-18-8-6-15(7-9-18)17-16-5-3-4-14(12-16)13-20-11-10-19-2/h3-5,12,15,17H,6-11,13H2,1-2H3. The third-order valence-electron chi connectivity index (χ3n) is 3.72. The Morgan fingerprint density at radius 3 is 2.80 bits per heavy atom. The van der Waals surface area contributed by atoms with Gasteiger partial charge in [0.25, 0.3) is 0 Å². The average Bonchev–Trinajstić information content (AvgIpc) is 2.47. The lowest BCUT2D eigenvalue weighted by Gasteiger charge is -2.30. The van der Waals surface area contributed by atoms with Gasteiger partial charge in [-0.25, -0.2) is 0 Å². The second-order valence-corrected chi connectivity index (χ2v) is 5.47. The smallest absolute Gasteiger partial charge is 0.0718 e. The second kappa shape index (κ2) is 8.25. The van der Waals surface area contributed by atoms with Gasteiger partial charge in [-0.1, -0.05) is 12.1 Å². The maximum Gasteiger partial charge on any atom is 0.0718 e. The van der Waals surface area contributed by atoms with E-state index in [0.29, 0.717) is 25.9 Å². The van der Waals surface area contributed by atoms with E-state index in [9.17, 15) is 0 Å². The lowest BCUT2D eigenvalue weighted by molar-refractivity contribution is 0.0617. The Labute approximate surface area is 122 Å². The topological polar surface area (TPSA) is 33.7 Å². The molecule has 0 spiro atoms. The van der Waals surface area contributed by atoms with Gasteiger partial charge in [0.1, 0.15) is 0 Å². The van der Waals surface area contributed by atoms with Crippen LogP contribution in [0.1, 0.15) is 18.4 Å². The van der Waals surface area contributed by atoms with Gasteiger partial charge in [-0.3, -0.25) is 0 Å². The molecule has 1 aliphatic rings. The molecule has 1 aromatic carbocycles. The van der Waals surface area contributed by atoms with Crippen molar-refractivity contribution in [2.24, 2.45) is 0 Å². The monoisotopic (exact) mass is 278 g/mol. The fraction of sp³-hybridized carbons (Fsp3) is 0.625. The Bertz CT molecular complexity index is 390. The van der Waals surface area contributed by atoms with Crippen molar-refractivity contribution < 1.29 is 9.47 Å². The highest BCUT2D eigenvalue weighted by Crippen LogP contribution is 2.17.